The highest BCUT2D eigenvalue weighted by Crippen LogP contribution is 2.59. The van der Waals surface area contributed by atoms with E-state index in [2.05, 4.69) is 0 Å². The van der Waals surface area contributed by atoms with E-state index in [1.54, 1.807) is 0 Å². The Morgan fingerprint density at radius 2 is 0.826 bits per heavy atom. The fourth-order valence-electron chi connectivity index (χ4n) is 1.22. The number of nitrogens with one attached hydrogen (secondary N) is 1. The van der Waals surface area contributed by atoms with Gasteiger partial charge in [-0.3, -0.25) is 5.32 Å². The van der Waals surface area contributed by atoms with Gasteiger partial charge in [-0.1, -0.05) is 0 Å². The van der Waals surface area contributed by atoms with Crippen LogP contribution in [0.4, 0.5) is 57.1 Å². The van der Waals surface area contributed by atoms with Gasteiger partial charge in [-0.05, 0) is 13.8 Å². The summed E-state index contributed by atoms with van der Waals surface area (Å²) in [7, 11) is 0. The van der Waals surface area contributed by atoms with Crippen LogP contribution in [0, 0.1) is 0 Å². The Bertz CT molecular complexity index is 422. The summed E-state index contributed by atoms with van der Waals surface area (Å²) in [4.78, 5) is 0. The first-order valence-electron chi connectivity index (χ1n) is 5.40. The molecule has 0 aliphatic carbocycles. The standard InChI is InChI=1S/C9H8F13N/c1-3(2)23-9(21,22)7(16,17)5(12,13)4(10,11)6(14,15)8(18,19)20/h3,23H,1-2H3. The van der Waals surface area contributed by atoms with E-state index < -0.39 is 42.0 Å². The smallest absolute Gasteiger partial charge is 0.250 e. The van der Waals surface area contributed by atoms with E-state index in [0.29, 0.717) is 19.2 Å². The van der Waals surface area contributed by atoms with E-state index in [1.165, 1.54) is 0 Å². The molecule has 0 aromatic carbocycles. The van der Waals surface area contributed by atoms with E-state index in [4.69, 9.17) is 0 Å². The Hall–Kier alpha value is -0.950. The van der Waals surface area contributed by atoms with Gasteiger partial charge in [0.25, 0.3) is 0 Å². The lowest BCUT2D eigenvalue weighted by atomic mass is 9.96. The molecule has 0 spiro atoms. The molecule has 0 saturated heterocycles. The molecule has 0 amide bonds. The van der Waals surface area contributed by atoms with Crippen molar-refractivity contribution in [3.05, 3.63) is 0 Å². The van der Waals surface area contributed by atoms with Crippen molar-refractivity contribution in [1.29, 1.82) is 0 Å². The van der Waals surface area contributed by atoms with Crippen molar-refractivity contribution in [1.82, 2.24) is 5.32 Å². The predicted molar refractivity (Wildman–Crippen MR) is 49.1 cm³/mol. The van der Waals surface area contributed by atoms with Gasteiger partial charge >= 0.3 is 35.9 Å². The summed E-state index contributed by atoms with van der Waals surface area (Å²) in [6, 6.07) is -7.95. The Labute approximate surface area is 119 Å². The van der Waals surface area contributed by atoms with Crippen LogP contribution in [-0.4, -0.2) is 42.0 Å². The van der Waals surface area contributed by atoms with Crippen molar-refractivity contribution in [2.75, 3.05) is 0 Å². The van der Waals surface area contributed by atoms with Crippen molar-refractivity contribution in [2.45, 2.75) is 55.8 Å². The molecule has 0 heterocycles. The lowest BCUT2D eigenvalue weighted by Gasteiger charge is -2.40. The second-order valence-electron chi connectivity index (χ2n) is 4.67. The minimum absolute atomic E-state index is 0.405. The van der Waals surface area contributed by atoms with Gasteiger partial charge in [0.15, 0.2) is 0 Å². The van der Waals surface area contributed by atoms with Crippen LogP contribution in [0.2, 0.25) is 0 Å². The fraction of sp³-hybridized carbons (Fsp3) is 1.00. The van der Waals surface area contributed by atoms with Gasteiger partial charge in [0.2, 0.25) is 0 Å². The van der Waals surface area contributed by atoms with Crippen LogP contribution in [0.5, 0.6) is 0 Å². The van der Waals surface area contributed by atoms with Crippen molar-refractivity contribution in [3.63, 3.8) is 0 Å². The van der Waals surface area contributed by atoms with E-state index >= 15 is 0 Å². The normalized spacial score (nSPS) is 16.2. The van der Waals surface area contributed by atoms with Gasteiger partial charge in [-0.25, -0.2) is 0 Å². The first kappa shape index (κ1) is 22.1. The maximum atomic E-state index is 13.0. The van der Waals surface area contributed by atoms with E-state index in [0.717, 1.165) is 0 Å². The Balaban J connectivity index is 6.14. The number of rotatable bonds is 6. The summed E-state index contributed by atoms with van der Waals surface area (Å²) in [5.41, 5.74) is 0. The Morgan fingerprint density at radius 3 is 1.09 bits per heavy atom. The minimum Gasteiger partial charge on any atom is -0.250 e. The lowest BCUT2D eigenvalue weighted by molar-refractivity contribution is -0.442. The highest BCUT2D eigenvalue weighted by molar-refractivity contribution is 5.09. The van der Waals surface area contributed by atoms with Crippen LogP contribution in [0.3, 0.4) is 0 Å². The molecule has 1 nitrogen and oxygen atoms in total. The van der Waals surface area contributed by atoms with Crippen molar-refractivity contribution < 1.29 is 57.1 Å². The summed E-state index contributed by atoms with van der Waals surface area (Å²) >= 11 is 0. The van der Waals surface area contributed by atoms with Crippen LogP contribution < -0.4 is 5.32 Å². The first-order chi connectivity index (χ1) is 9.67. The summed E-state index contributed by atoms with van der Waals surface area (Å²) in [5.74, 6) is -30.6. The second kappa shape index (κ2) is 5.55. The quantitative estimate of drug-likeness (QED) is 0.524. The van der Waals surface area contributed by atoms with Crippen LogP contribution in [0.1, 0.15) is 13.8 Å². The van der Waals surface area contributed by atoms with Gasteiger partial charge in [0.05, 0.1) is 0 Å². The highest BCUT2D eigenvalue weighted by Gasteiger charge is 2.90. The molecule has 23 heavy (non-hydrogen) atoms. The molecule has 0 saturated carbocycles. The number of hydrogen-bond acceptors (Lipinski definition) is 1. The third-order valence-corrected chi connectivity index (χ3v) is 2.40. The summed E-state index contributed by atoms with van der Waals surface area (Å²) < 4.78 is 163. The molecule has 0 bridgehead atoms. The molecular weight excluding hydrogens is 369 g/mol. The Kier molecular flexibility index (Phi) is 5.32. The largest absolute Gasteiger partial charge is 0.460 e. The lowest BCUT2D eigenvalue weighted by Crippen LogP contribution is -2.72. The zero-order chi connectivity index (χ0) is 19.3. The van der Waals surface area contributed by atoms with Crippen molar-refractivity contribution in [2.24, 2.45) is 0 Å². The zero-order valence-corrected chi connectivity index (χ0v) is 11.0. The maximum absolute atomic E-state index is 13.0. The molecule has 0 atom stereocenters. The summed E-state index contributed by atoms with van der Waals surface area (Å²) in [5, 5.41) is 0.405. The fourth-order valence-corrected chi connectivity index (χ4v) is 1.22. The molecule has 0 aliphatic rings. The molecular formula is C9H8F13N. The number of hydrogen-bond donors (Lipinski definition) is 1. The van der Waals surface area contributed by atoms with E-state index in [1.807, 2.05) is 0 Å². The summed E-state index contributed by atoms with van der Waals surface area (Å²) in [6.45, 7) is 1.34. The van der Waals surface area contributed by atoms with Gasteiger partial charge in [0.1, 0.15) is 0 Å². The average Bonchev–Trinajstić information content (AvgIpc) is 2.24. The molecule has 1 N–H and O–H groups in total. The van der Waals surface area contributed by atoms with Crippen LogP contribution in [0.15, 0.2) is 0 Å². The SMILES string of the molecule is CC(C)NC(F)(F)C(F)(F)C(F)(F)C(F)(F)C(F)(F)C(F)(F)F. The highest BCUT2D eigenvalue weighted by atomic mass is 19.4. The second-order valence-corrected chi connectivity index (χ2v) is 4.67. The molecule has 14 heteroatoms. The van der Waals surface area contributed by atoms with Crippen molar-refractivity contribution >= 4 is 0 Å². The van der Waals surface area contributed by atoms with Gasteiger partial charge < -0.3 is 0 Å². The van der Waals surface area contributed by atoms with Crippen LogP contribution in [0.25, 0.3) is 0 Å². The molecule has 0 unspecified atom stereocenters. The first-order valence-corrected chi connectivity index (χ1v) is 5.40. The molecule has 0 fully saturated rings. The number of alkyl halides is 13. The van der Waals surface area contributed by atoms with Gasteiger partial charge in [-0.2, -0.15) is 57.1 Å². The third kappa shape index (κ3) is 3.18. The molecule has 0 radical (unpaired) electrons. The number of halogens is 13. The van der Waals surface area contributed by atoms with Gasteiger partial charge in [-0.15, -0.1) is 0 Å². The Morgan fingerprint density at radius 1 is 0.522 bits per heavy atom. The monoisotopic (exact) mass is 377 g/mol. The topological polar surface area (TPSA) is 12.0 Å². The van der Waals surface area contributed by atoms with E-state index in [9.17, 15) is 57.1 Å². The average molecular weight is 377 g/mol. The zero-order valence-electron chi connectivity index (χ0n) is 11.0. The summed E-state index contributed by atoms with van der Waals surface area (Å²) in [6.07, 6.45) is -7.39. The molecule has 0 aliphatic heterocycles. The molecule has 140 valence electrons. The van der Waals surface area contributed by atoms with Crippen molar-refractivity contribution in [3.8, 4) is 0 Å². The van der Waals surface area contributed by atoms with Crippen LogP contribution >= 0.6 is 0 Å². The maximum Gasteiger partial charge on any atom is 0.460 e. The molecule has 0 aromatic rings. The third-order valence-electron chi connectivity index (χ3n) is 2.40. The molecule has 0 aromatic heterocycles. The minimum atomic E-state index is -7.86. The van der Waals surface area contributed by atoms with E-state index in [-0.39, 0.29) is 0 Å². The molecule has 0 rings (SSSR count). The predicted octanol–water partition coefficient (Wildman–Crippen LogP) is 4.68. The van der Waals surface area contributed by atoms with Gasteiger partial charge in [0, 0.05) is 6.04 Å². The van der Waals surface area contributed by atoms with Crippen LogP contribution in [-0.2, 0) is 0 Å².